The van der Waals surface area contributed by atoms with Gasteiger partial charge in [0.05, 0.1) is 33.2 Å². The first-order valence-corrected chi connectivity index (χ1v) is 9.78. The average molecular weight is 445 g/mol. The van der Waals surface area contributed by atoms with Gasteiger partial charge in [-0.2, -0.15) is 13.2 Å². The van der Waals surface area contributed by atoms with Crippen molar-refractivity contribution in [2.24, 2.45) is 0 Å². The molecule has 152 valence electrons. The van der Waals surface area contributed by atoms with E-state index >= 15 is 0 Å². The second-order valence-electron chi connectivity index (χ2n) is 5.75. The summed E-state index contributed by atoms with van der Waals surface area (Å²) in [6, 6.07) is 7.38. The molecular weight excluding hydrogens is 434 g/mol. The highest BCUT2D eigenvalue weighted by Crippen LogP contribution is 2.33. The number of nitro groups is 1. The molecule has 0 atom stereocenters. The number of carbonyl (C=O) groups is 1. The number of hydrogen-bond acceptors (Lipinski definition) is 6. The van der Waals surface area contributed by atoms with Crippen LogP contribution in [0.1, 0.15) is 16.8 Å². The van der Waals surface area contributed by atoms with Crippen molar-refractivity contribution in [3.8, 4) is 0 Å². The number of aromatic nitrogens is 1. The molecule has 0 radical (unpaired) electrons. The monoisotopic (exact) mass is 445 g/mol. The predicted octanol–water partition coefficient (Wildman–Crippen LogP) is 5.64. The molecule has 6 nitrogen and oxygen atoms in total. The molecule has 1 N–H and O–H groups in total. The van der Waals surface area contributed by atoms with Crippen LogP contribution in [0, 0.1) is 15.9 Å². The molecule has 29 heavy (non-hydrogen) atoms. The highest BCUT2D eigenvalue weighted by molar-refractivity contribution is 8.01. The minimum Gasteiger partial charge on any atom is -0.322 e. The lowest BCUT2D eigenvalue weighted by Gasteiger charge is -2.06. The number of nitro benzene ring substituents is 1. The highest BCUT2D eigenvalue weighted by atomic mass is 32.2. The van der Waals surface area contributed by atoms with Gasteiger partial charge in [0.15, 0.2) is 4.34 Å². The molecule has 0 bridgehead atoms. The van der Waals surface area contributed by atoms with Gasteiger partial charge in [-0.3, -0.25) is 14.9 Å². The lowest BCUT2D eigenvalue weighted by Crippen LogP contribution is -2.13. The third kappa shape index (κ3) is 5.41. The zero-order chi connectivity index (χ0) is 21.2. The van der Waals surface area contributed by atoms with Gasteiger partial charge in [0, 0.05) is 17.5 Å². The van der Waals surface area contributed by atoms with Crippen molar-refractivity contribution in [3.63, 3.8) is 0 Å². The standard InChI is InChI=1S/C17H11F4N3O3S2/c18-12-8-10(24(26)27)2-3-11(12)15(25)22-9-1-4-13-14(7-9)29-16(23-13)28-6-5-17(19,20)21/h1-4,7-8H,5-6H2,(H,22,25). The van der Waals surface area contributed by atoms with Crippen LogP contribution in [0.5, 0.6) is 0 Å². The second kappa shape index (κ2) is 8.33. The van der Waals surface area contributed by atoms with Gasteiger partial charge >= 0.3 is 6.18 Å². The zero-order valence-corrected chi connectivity index (χ0v) is 16.0. The number of thioether (sulfide) groups is 1. The number of rotatable bonds is 6. The fourth-order valence-electron chi connectivity index (χ4n) is 2.30. The minimum atomic E-state index is -4.23. The smallest absolute Gasteiger partial charge is 0.322 e. The van der Waals surface area contributed by atoms with Gasteiger partial charge in [-0.25, -0.2) is 9.37 Å². The van der Waals surface area contributed by atoms with E-state index in [-0.39, 0.29) is 11.3 Å². The van der Waals surface area contributed by atoms with Gasteiger partial charge in [0.25, 0.3) is 11.6 Å². The number of non-ortho nitro benzene ring substituents is 1. The van der Waals surface area contributed by atoms with Crippen LogP contribution in [-0.2, 0) is 0 Å². The van der Waals surface area contributed by atoms with Crippen LogP contribution < -0.4 is 5.32 Å². The molecule has 1 amide bonds. The van der Waals surface area contributed by atoms with E-state index < -0.39 is 34.9 Å². The maximum atomic E-state index is 14.0. The molecule has 0 aliphatic heterocycles. The summed E-state index contributed by atoms with van der Waals surface area (Å²) in [6.45, 7) is 0. The largest absolute Gasteiger partial charge is 0.389 e. The molecule has 2 aromatic carbocycles. The molecule has 1 heterocycles. The number of fused-ring (bicyclic) bond motifs is 1. The van der Waals surface area contributed by atoms with E-state index in [1.165, 1.54) is 17.4 Å². The number of nitrogens with zero attached hydrogens (tertiary/aromatic N) is 2. The lowest BCUT2D eigenvalue weighted by atomic mass is 10.1. The molecule has 0 aliphatic rings. The van der Waals surface area contributed by atoms with Crippen molar-refractivity contribution >= 4 is 50.6 Å². The molecule has 0 fully saturated rings. The van der Waals surface area contributed by atoms with Gasteiger partial charge in [-0.15, -0.1) is 11.3 Å². The first-order valence-electron chi connectivity index (χ1n) is 7.98. The van der Waals surface area contributed by atoms with Gasteiger partial charge < -0.3 is 5.32 Å². The number of alkyl halides is 3. The fraction of sp³-hybridized carbons (Fsp3) is 0.176. The molecule has 0 unspecified atom stereocenters. The summed E-state index contributed by atoms with van der Waals surface area (Å²) in [5.41, 5.74) is 0.0591. The Balaban J connectivity index is 1.72. The summed E-state index contributed by atoms with van der Waals surface area (Å²) >= 11 is 2.17. The van der Waals surface area contributed by atoms with E-state index in [9.17, 15) is 32.5 Å². The number of thiazole rings is 1. The molecule has 3 aromatic rings. The Labute approximate surface area is 169 Å². The molecule has 0 spiro atoms. The van der Waals surface area contributed by atoms with Crippen LogP contribution in [0.2, 0.25) is 0 Å². The quantitative estimate of drug-likeness (QED) is 0.230. The molecule has 0 aliphatic carbocycles. The third-order valence-electron chi connectivity index (χ3n) is 3.65. The predicted molar refractivity (Wildman–Crippen MR) is 102 cm³/mol. The Morgan fingerprint density at radius 3 is 2.66 bits per heavy atom. The van der Waals surface area contributed by atoms with Gasteiger partial charge in [-0.05, 0) is 24.3 Å². The van der Waals surface area contributed by atoms with Crippen molar-refractivity contribution in [1.82, 2.24) is 4.98 Å². The Morgan fingerprint density at radius 1 is 1.24 bits per heavy atom. The van der Waals surface area contributed by atoms with Crippen LogP contribution in [-0.4, -0.2) is 27.7 Å². The van der Waals surface area contributed by atoms with Crippen molar-refractivity contribution in [3.05, 3.63) is 57.9 Å². The van der Waals surface area contributed by atoms with Gasteiger partial charge in [0.2, 0.25) is 0 Å². The van der Waals surface area contributed by atoms with Crippen molar-refractivity contribution < 1.29 is 27.3 Å². The van der Waals surface area contributed by atoms with Crippen molar-refractivity contribution in [1.29, 1.82) is 0 Å². The first kappa shape index (κ1) is 21.0. The number of halogens is 4. The van der Waals surface area contributed by atoms with Crippen molar-refractivity contribution in [2.45, 2.75) is 16.9 Å². The van der Waals surface area contributed by atoms with E-state index in [1.807, 2.05) is 0 Å². The first-order chi connectivity index (χ1) is 13.6. The van der Waals surface area contributed by atoms with E-state index in [0.29, 0.717) is 26.3 Å². The summed E-state index contributed by atoms with van der Waals surface area (Å²) in [7, 11) is 0. The SMILES string of the molecule is O=C(Nc1ccc2nc(SCCC(F)(F)F)sc2c1)c1ccc([N+](=O)[O-])cc1F. The summed E-state index contributed by atoms with van der Waals surface area (Å²) in [4.78, 5) is 26.3. The number of hydrogen-bond donors (Lipinski definition) is 1. The number of amides is 1. The maximum Gasteiger partial charge on any atom is 0.389 e. The number of benzene rings is 2. The fourth-order valence-corrected chi connectivity index (χ4v) is 4.46. The Hall–Kier alpha value is -2.73. The van der Waals surface area contributed by atoms with Crippen molar-refractivity contribution in [2.75, 3.05) is 11.1 Å². The summed E-state index contributed by atoms with van der Waals surface area (Å²) in [5, 5.41) is 13.1. The number of nitrogens with one attached hydrogen (secondary N) is 1. The Morgan fingerprint density at radius 2 is 2.00 bits per heavy atom. The van der Waals surface area contributed by atoms with E-state index in [4.69, 9.17) is 0 Å². The molecule has 0 saturated carbocycles. The molecule has 0 saturated heterocycles. The molecule has 3 rings (SSSR count). The molecular formula is C17H11F4N3O3S2. The van der Waals surface area contributed by atoms with Crippen LogP contribution in [0.25, 0.3) is 10.2 Å². The van der Waals surface area contributed by atoms with Gasteiger partial charge in [0.1, 0.15) is 5.82 Å². The van der Waals surface area contributed by atoms with Crippen LogP contribution >= 0.6 is 23.1 Å². The summed E-state index contributed by atoms with van der Waals surface area (Å²) < 4.78 is 51.8. The summed E-state index contributed by atoms with van der Waals surface area (Å²) in [6.07, 6.45) is -5.15. The lowest BCUT2D eigenvalue weighted by molar-refractivity contribution is -0.385. The zero-order valence-electron chi connectivity index (χ0n) is 14.3. The van der Waals surface area contributed by atoms with Crippen LogP contribution in [0.15, 0.2) is 40.7 Å². The van der Waals surface area contributed by atoms with Gasteiger partial charge in [-0.1, -0.05) is 11.8 Å². The van der Waals surface area contributed by atoms with Crippen LogP contribution in [0.3, 0.4) is 0 Å². The molecule has 12 heteroatoms. The summed E-state index contributed by atoms with van der Waals surface area (Å²) in [5.74, 6) is -1.97. The highest BCUT2D eigenvalue weighted by Gasteiger charge is 2.26. The van der Waals surface area contributed by atoms with E-state index in [2.05, 4.69) is 10.3 Å². The second-order valence-corrected chi connectivity index (χ2v) is 8.12. The normalized spacial score (nSPS) is 11.6. The maximum absolute atomic E-state index is 14.0. The molecule has 1 aromatic heterocycles. The topological polar surface area (TPSA) is 85.1 Å². The Bertz CT molecular complexity index is 1090. The third-order valence-corrected chi connectivity index (χ3v) is 5.81. The minimum absolute atomic E-state index is 0.146. The van der Waals surface area contributed by atoms with E-state index in [0.717, 1.165) is 23.9 Å². The number of anilines is 1. The average Bonchev–Trinajstić information content (AvgIpc) is 3.02. The van der Waals surface area contributed by atoms with Crippen LogP contribution in [0.4, 0.5) is 28.9 Å². The Kier molecular flexibility index (Phi) is 6.03. The van der Waals surface area contributed by atoms with E-state index in [1.54, 1.807) is 12.1 Å². The number of carbonyl (C=O) groups excluding carboxylic acids is 1.